The molecule has 118 valence electrons. The lowest BCUT2D eigenvalue weighted by atomic mass is 10.00. The van der Waals surface area contributed by atoms with Gasteiger partial charge in [0.15, 0.2) is 0 Å². The van der Waals surface area contributed by atoms with Crippen molar-refractivity contribution in [3.63, 3.8) is 0 Å². The molecule has 6 heteroatoms. The van der Waals surface area contributed by atoms with Crippen LogP contribution in [0.4, 0.5) is 0 Å². The molecule has 0 aromatic rings. The van der Waals surface area contributed by atoms with E-state index >= 15 is 0 Å². The fourth-order valence-corrected chi connectivity index (χ4v) is 4.02. The quantitative estimate of drug-likeness (QED) is 0.737. The van der Waals surface area contributed by atoms with Gasteiger partial charge in [0, 0.05) is 52.1 Å². The monoisotopic (exact) mass is 295 g/mol. The lowest BCUT2D eigenvalue weighted by Gasteiger charge is -2.35. The molecule has 6 nitrogen and oxygen atoms in total. The molecule has 0 aromatic carbocycles. The van der Waals surface area contributed by atoms with Crippen LogP contribution in [0.2, 0.25) is 0 Å². The van der Waals surface area contributed by atoms with E-state index in [1.807, 2.05) is 4.90 Å². The first-order chi connectivity index (χ1) is 10.0. The number of hydrogen-bond donors (Lipinski definition) is 1. The zero-order chi connectivity index (χ0) is 15.0. The molecule has 2 saturated heterocycles. The van der Waals surface area contributed by atoms with Crippen LogP contribution in [-0.4, -0.2) is 83.5 Å². The Bertz CT molecular complexity index is 420. The summed E-state index contributed by atoms with van der Waals surface area (Å²) in [6.07, 6.45) is 1.84. The highest BCUT2D eigenvalue weighted by atomic mass is 16.3. The van der Waals surface area contributed by atoms with Gasteiger partial charge in [-0.1, -0.05) is 0 Å². The molecule has 1 saturated carbocycles. The van der Waals surface area contributed by atoms with Crippen LogP contribution < -0.4 is 0 Å². The van der Waals surface area contributed by atoms with Gasteiger partial charge in [-0.3, -0.25) is 14.5 Å². The summed E-state index contributed by atoms with van der Waals surface area (Å²) in [6.45, 7) is 6.40. The molecule has 21 heavy (non-hydrogen) atoms. The molecule has 3 rings (SSSR count). The molecule has 1 aliphatic carbocycles. The Kier molecular flexibility index (Phi) is 4.17. The zero-order valence-electron chi connectivity index (χ0n) is 12.7. The first-order valence-corrected chi connectivity index (χ1v) is 7.98. The second-order valence-corrected chi connectivity index (χ2v) is 6.65. The van der Waals surface area contributed by atoms with Crippen molar-refractivity contribution < 1.29 is 14.7 Å². The van der Waals surface area contributed by atoms with Gasteiger partial charge >= 0.3 is 0 Å². The summed E-state index contributed by atoms with van der Waals surface area (Å²) < 4.78 is 0. The smallest absolute Gasteiger partial charge is 0.236 e. The minimum atomic E-state index is -0.172. The Hall–Kier alpha value is -1.14. The van der Waals surface area contributed by atoms with Gasteiger partial charge in [0.2, 0.25) is 11.8 Å². The number of carbonyl (C=O) groups excluding carboxylic acids is 2. The number of hydrogen-bond acceptors (Lipinski definition) is 4. The Morgan fingerprint density at radius 2 is 1.71 bits per heavy atom. The maximum Gasteiger partial charge on any atom is 0.236 e. The van der Waals surface area contributed by atoms with Crippen LogP contribution in [0.1, 0.15) is 19.8 Å². The van der Waals surface area contributed by atoms with Crippen LogP contribution >= 0.6 is 0 Å². The van der Waals surface area contributed by atoms with E-state index in [4.69, 9.17) is 0 Å². The number of amides is 2. The summed E-state index contributed by atoms with van der Waals surface area (Å²) in [5.74, 6) is 1.19. The molecular weight excluding hydrogens is 270 g/mol. The number of piperazine rings is 1. The summed E-state index contributed by atoms with van der Waals surface area (Å²) >= 11 is 0. The van der Waals surface area contributed by atoms with Crippen molar-refractivity contribution >= 4 is 11.8 Å². The number of aliphatic hydroxyl groups excluding tert-OH is 1. The first kappa shape index (κ1) is 14.8. The summed E-state index contributed by atoms with van der Waals surface area (Å²) in [7, 11) is 0. The number of likely N-dealkylation sites (tertiary alicyclic amines) is 1. The van der Waals surface area contributed by atoms with Gasteiger partial charge in [0.1, 0.15) is 0 Å². The summed E-state index contributed by atoms with van der Waals surface area (Å²) in [5, 5.41) is 9.92. The largest absolute Gasteiger partial charge is 0.393 e. The first-order valence-electron chi connectivity index (χ1n) is 7.98. The topological polar surface area (TPSA) is 64.1 Å². The highest BCUT2D eigenvalue weighted by Gasteiger charge is 2.42. The molecule has 2 amide bonds. The molecule has 0 spiro atoms. The van der Waals surface area contributed by atoms with Gasteiger partial charge in [0.25, 0.3) is 0 Å². The Labute approximate surface area is 125 Å². The van der Waals surface area contributed by atoms with Gasteiger partial charge < -0.3 is 14.9 Å². The Morgan fingerprint density at radius 3 is 2.33 bits per heavy atom. The number of aliphatic hydroxyl groups is 1. The van der Waals surface area contributed by atoms with Crippen molar-refractivity contribution in [1.29, 1.82) is 0 Å². The molecule has 0 aromatic heterocycles. The van der Waals surface area contributed by atoms with Crippen molar-refractivity contribution in [3.8, 4) is 0 Å². The van der Waals surface area contributed by atoms with Gasteiger partial charge in [0.05, 0.1) is 12.6 Å². The van der Waals surface area contributed by atoms with Crippen molar-refractivity contribution in [2.75, 3.05) is 45.8 Å². The summed E-state index contributed by atoms with van der Waals surface area (Å²) in [4.78, 5) is 29.5. The highest BCUT2D eigenvalue weighted by molar-refractivity contribution is 5.79. The van der Waals surface area contributed by atoms with Gasteiger partial charge in [-0.2, -0.15) is 0 Å². The van der Waals surface area contributed by atoms with E-state index in [1.165, 1.54) is 0 Å². The predicted molar refractivity (Wildman–Crippen MR) is 77.5 cm³/mol. The van der Waals surface area contributed by atoms with Gasteiger partial charge in [-0.25, -0.2) is 0 Å². The van der Waals surface area contributed by atoms with E-state index in [2.05, 4.69) is 4.90 Å². The molecule has 3 unspecified atom stereocenters. The standard InChI is InChI=1S/C15H25N3O3/c1-11(19)17-4-6-18(7-5-17)15(21)10-16-8-12-2-3-14(20)13(12)9-16/h12-14,20H,2-10H2,1H3. The normalized spacial score (nSPS) is 33.3. The van der Waals surface area contributed by atoms with Crippen molar-refractivity contribution in [2.24, 2.45) is 11.8 Å². The number of rotatable bonds is 2. The lowest BCUT2D eigenvalue weighted by molar-refractivity contribution is -0.139. The van der Waals surface area contributed by atoms with Crippen LogP contribution in [-0.2, 0) is 9.59 Å². The third-order valence-electron chi connectivity index (χ3n) is 5.33. The molecule has 2 aliphatic heterocycles. The predicted octanol–water partition coefficient (Wildman–Crippen LogP) is -0.620. The molecule has 1 N–H and O–H groups in total. The Balaban J connectivity index is 1.46. The zero-order valence-corrected chi connectivity index (χ0v) is 12.7. The number of nitrogens with zero attached hydrogens (tertiary/aromatic N) is 3. The van der Waals surface area contributed by atoms with Crippen LogP contribution in [0.5, 0.6) is 0 Å². The molecular formula is C15H25N3O3. The number of fused-ring (bicyclic) bond motifs is 1. The van der Waals surface area contributed by atoms with E-state index < -0.39 is 0 Å². The van der Waals surface area contributed by atoms with E-state index in [0.29, 0.717) is 44.6 Å². The van der Waals surface area contributed by atoms with Crippen molar-refractivity contribution in [1.82, 2.24) is 14.7 Å². The molecule has 3 fully saturated rings. The van der Waals surface area contributed by atoms with Crippen LogP contribution in [0.25, 0.3) is 0 Å². The second kappa shape index (κ2) is 5.93. The van der Waals surface area contributed by atoms with Crippen LogP contribution in [0.3, 0.4) is 0 Å². The molecule has 2 heterocycles. The van der Waals surface area contributed by atoms with Crippen molar-refractivity contribution in [3.05, 3.63) is 0 Å². The maximum atomic E-state index is 12.4. The number of carbonyl (C=O) groups is 2. The highest BCUT2D eigenvalue weighted by Crippen LogP contribution is 2.37. The van der Waals surface area contributed by atoms with Gasteiger partial charge in [-0.05, 0) is 18.8 Å². The van der Waals surface area contributed by atoms with Crippen molar-refractivity contribution in [2.45, 2.75) is 25.9 Å². The fourth-order valence-electron chi connectivity index (χ4n) is 4.02. The fraction of sp³-hybridized carbons (Fsp3) is 0.867. The molecule has 0 radical (unpaired) electrons. The van der Waals surface area contributed by atoms with E-state index in [-0.39, 0.29) is 17.9 Å². The summed E-state index contributed by atoms with van der Waals surface area (Å²) in [5.41, 5.74) is 0. The molecule has 3 atom stereocenters. The van der Waals surface area contributed by atoms with E-state index in [0.717, 1.165) is 25.9 Å². The Morgan fingerprint density at radius 1 is 1.05 bits per heavy atom. The summed E-state index contributed by atoms with van der Waals surface area (Å²) in [6, 6.07) is 0. The molecule has 0 bridgehead atoms. The average Bonchev–Trinajstić information content (AvgIpc) is 3.01. The third kappa shape index (κ3) is 3.06. The van der Waals surface area contributed by atoms with E-state index in [1.54, 1.807) is 11.8 Å². The average molecular weight is 295 g/mol. The minimum Gasteiger partial charge on any atom is -0.393 e. The van der Waals surface area contributed by atoms with Crippen LogP contribution in [0.15, 0.2) is 0 Å². The maximum absolute atomic E-state index is 12.4. The molecule has 3 aliphatic rings. The minimum absolute atomic E-state index is 0.0865. The van der Waals surface area contributed by atoms with Gasteiger partial charge in [-0.15, -0.1) is 0 Å². The third-order valence-corrected chi connectivity index (χ3v) is 5.33. The van der Waals surface area contributed by atoms with Crippen LogP contribution in [0, 0.1) is 11.8 Å². The SMILES string of the molecule is CC(=O)N1CCN(C(=O)CN2CC3CCC(O)C3C2)CC1. The van der Waals surface area contributed by atoms with E-state index in [9.17, 15) is 14.7 Å². The lowest BCUT2D eigenvalue weighted by Crippen LogP contribution is -2.52. The second-order valence-electron chi connectivity index (χ2n) is 6.65.